The van der Waals surface area contributed by atoms with Crippen LogP contribution < -0.4 is 5.32 Å². The molecule has 1 heterocycles. The van der Waals surface area contributed by atoms with Crippen molar-refractivity contribution in [3.63, 3.8) is 0 Å². The Morgan fingerprint density at radius 3 is 2.58 bits per heavy atom. The lowest BCUT2D eigenvalue weighted by molar-refractivity contribution is -0.110. The number of phenolic OH excluding ortho intramolecular Hbond substituents is 1. The highest BCUT2D eigenvalue weighted by molar-refractivity contribution is 6.36. The van der Waals surface area contributed by atoms with Gasteiger partial charge in [-0.3, -0.25) is 4.79 Å². The molecule has 0 spiro atoms. The van der Waals surface area contributed by atoms with Crippen molar-refractivity contribution in [2.45, 2.75) is 6.92 Å². The second-order valence-electron chi connectivity index (χ2n) is 4.55. The number of allylic oxidation sites excluding steroid dienone is 1. The Hall–Kier alpha value is -2.55. The molecule has 2 aromatic rings. The molecule has 19 heavy (non-hydrogen) atoms. The summed E-state index contributed by atoms with van der Waals surface area (Å²) < 4.78 is 0. The molecule has 0 bridgehead atoms. The van der Waals surface area contributed by atoms with Gasteiger partial charge in [0, 0.05) is 11.3 Å². The number of nitrogens with one attached hydrogen (secondary N) is 1. The first-order chi connectivity index (χ1) is 9.16. The zero-order valence-electron chi connectivity index (χ0n) is 10.5. The second-order valence-corrected chi connectivity index (χ2v) is 4.55. The first-order valence-electron chi connectivity index (χ1n) is 6.08. The number of amides is 1. The van der Waals surface area contributed by atoms with E-state index in [-0.39, 0.29) is 11.7 Å². The average molecular weight is 251 g/mol. The Morgan fingerprint density at radius 2 is 1.84 bits per heavy atom. The zero-order chi connectivity index (χ0) is 13.4. The van der Waals surface area contributed by atoms with E-state index in [0.29, 0.717) is 5.57 Å². The Morgan fingerprint density at radius 1 is 1.11 bits per heavy atom. The summed E-state index contributed by atoms with van der Waals surface area (Å²) in [6, 6.07) is 14.7. The van der Waals surface area contributed by atoms with Crippen molar-refractivity contribution in [1.82, 2.24) is 0 Å². The van der Waals surface area contributed by atoms with Crippen molar-refractivity contribution in [2.75, 3.05) is 5.32 Å². The van der Waals surface area contributed by atoms with Crippen molar-refractivity contribution in [2.24, 2.45) is 0 Å². The van der Waals surface area contributed by atoms with Gasteiger partial charge in [-0.25, -0.2) is 0 Å². The fraction of sp³-hybridized carbons (Fsp3) is 0.0625. The highest BCUT2D eigenvalue weighted by Crippen LogP contribution is 2.38. The van der Waals surface area contributed by atoms with Crippen LogP contribution in [0.5, 0.6) is 5.75 Å². The lowest BCUT2D eigenvalue weighted by atomic mass is 9.96. The summed E-state index contributed by atoms with van der Waals surface area (Å²) in [5.74, 6) is 0.0376. The van der Waals surface area contributed by atoms with E-state index in [9.17, 15) is 9.90 Å². The first-order valence-corrected chi connectivity index (χ1v) is 6.08. The molecule has 2 N–H and O–H groups in total. The molecule has 2 aromatic carbocycles. The number of phenols is 1. The summed E-state index contributed by atoms with van der Waals surface area (Å²) in [5, 5.41) is 12.4. The van der Waals surface area contributed by atoms with E-state index in [4.69, 9.17) is 0 Å². The van der Waals surface area contributed by atoms with Gasteiger partial charge in [0.05, 0.1) is 5.57 Å². The maximum Gasteiger partial charge on any atom is 0.256 e. The number of carbonyl (C=O) groups is 1. The third kappa shape index (κ3) is 1.89. The highest BCUT2D eigenvalue weighted by atomic mass is 16.3. The van der Waals surface area contributed by atoms with Crippen molar-refractivity contribution in [3.05, 3.63) is 59.7 Å². The molecule has 0 fully saturated rings. The van der Waals surface area contributed by atoms with Gasteiger partial charge < -0.3 is 10.4 Å². The van der Waals surface area contributed by atoms with Crippen LogP contribution in [0, 0.1) is 0 Å². The van der Waals surface area contributed by atoms with Gasteiger partial charge in [-0.05, 0) is 36.3 Å². The molecule has 0 radical (unpaired) electrons. The highest BCUT2D eigenvalue weighted by Gasteiger charge is 2.26. The summed E-state index contributed by atoms with van der Waals surface area (Å²) >= 11 is 0. The predicted octanol–water partition coefficient (Wildman–Crippen LogP) is 3.28. The van der Waals surface area contributed by atoms with Gasteiger partial charge in [0.2, 0.25) is 0 Å². The maximum atomic E-state index is 12.1. The van der Waals surface area contributed by atoms with Gasteiger partial charge in [-0.1, -0.05) is 30.3 Å². The van der Waals surface area contributed by atoms with E-state index in [1.165, 1.54) is 0 Å². The minimum absolute atomic E-state index is 0.123. The van der Waals surface area contributed by atoms with Gasteiger partial charge in [-0.15, -0.1) is 0 Å². The molecular weight excluding hydrogens is 238 g/mol. The molecule has 0 saturated heterocycles. The van der Waals surface area contributed by atoms with E-state index in [1.54, 1.807) is 18.2 Å². The lowest BCUT2D eigenvalue weighted by Gasteiger charge is -2.06. The smallest absolute Gasteiger partial charge is 0.256 e. The van der Waals surface area contributed by atoms with Gasteiger partial charge in [-0.2, -0.15) is 0 Å². The largest absolute Gasteiger partial charge is 0.508 e. The van der Waals surface area contributed by atoms with Crippen LogP contribution in [0.1, 0.15) is 18.1 Å². The maximum absolute atomic E-state index is 12.1. The third-order valence-corrected chi connectivity index (χ3v) is 3.33. The number of fused-ring (bicyclic) bond motifs is 1. The van der Waals surface area contributed by atoms with Crippen LogP contribution >= 0.6 is 0 Å². The number of hydrogen-bond acceptors (Lipinski definition) is 2. The van der Waals surface area contributed by atoms with Crippen LogP contribution in [0.3, 0.4) is 0 Å². The summed E-state index contributed by atoms with van der Waals surface area (Å²) in [7, 11) is 0. The molecule has 1 aliphatic heterocycles. The molecule has 1 aliphatic rings. The van der Waals surface area contributed by atoms with E-state index in [0.717, 1.165) is 22.4 Å². The van der Waals surface area contributed by atoms with E-state index >= 15 is 0 Å². The minimum Gasteiger partial charge on any atom is -0.508 e. The molecule has 1 amide bonds. The summed E-state index contributed by atoms with van der Waals surface area (Å²) in [4.78, 5) is 12.1. The van der Waals surface area contributed by atoms with Crippen LogP contribution in [-0.2, 0) is 4.79 Å². The summed E-state index contributed by atoms with van der Waals surface area (Å²) in [5.41, 5.74) is 4.03. The van der Waals surface area contributed by atoms with Crippen molar-refractivity contribution in [3.8, 4) is 5.75 Å². The topological polar surface area (TPSA) is 49.3 Å². The van der Waals surface area contributed by atoms with E-state index in [2.05, 4.69) is 5.32 Å². The molecule has 3 nitrogen and oxygen atoms in total. The molecule has 3 heteroatoms. The lowest BCUT2D eigenvalue weighted by Crippen LogP contribution is -2.05. The number of aromatic hydroxyl groups is 1. The van der Waals surface area contributed by atoms with Crippen LogP contribution in [0.25, 0.3) is 11.1 Å². The Bertz CT molecular complexity index is 687. The van der Waals surface area contributed by atoms with E-state index in [1.807, 2.05) is 37.3 Å². The number of rotatable bonds is 1. The van der Waals surface area contributed by atoms with Crippen LogP contribution in [-0.4, -0.2) is 11.0 Å². The molecule has 0 saturated carbocycles. The zero-order valence-corrected chi connectivity index (χ0v) is 10.5. The van der Waals surface area contributed by atoms with Crippen LogP contribution in [0.4, 0.5) is 5.69 Å². The van der Waals surface area contributed by atoms with Crippen LogP contribution in [0.15, 0.2) is 48.5 Å². The van der Waals surface area contributed by atoms with Gasteiger partial charge >= 0.3 is 0 Å². The third-order valence-electron chi connectivity index (χ3n) is 3.33. The van der Waals surface area contributed by atoms with Gasteiger partial charge in [0.25, 0.3) is 5.91 Å². The van der Waals surface area contributed by atoms with Crippen molar-refractivity contribution < 1.29 is 9.90 Å². The number of hydrogen-bond donors (Lipinski definition) is 2. The standard InChI is InChI=1S/C16H13NO2/c1-10(11-5-3-2-4-6-11)15-13-9-12(18)7-8-14(13)17-16(15)19/h2-9,18H,1H3,(H,17,19). The Balaban J connectivity index is 2.21. The normalized spacial score (nSPS) is 15.9. The number of benzene rings is 2. The second kappa shape index (κ2) is 4.28. The summed E-state index contributed by atoms with van der Waals surface area (Å²) in [6.07, 6.45) is 0. The predicted molar refractivity (Wildman–Crippen MR) is 75.7 cm³/mol. The average Bonchev–Trinajstić information content (AvgIpc) is 2.74. The fourth-order valence-corrected chi connectivity index (χ4v) is 2.36. The molecule has 0 aromatic heterocycles. The molecule has 3 rings (SSSR count). The van der Waals surface area contributed by atoms with Crippen molar-refractivity contribution in [1.29, 1.82) is 0 Å². The molecular formula is C16H13NO2. The monoisotopic (exact) mass is 251 g/mol. The Labute approximate surface area is 111 Å². The van der Waals surface area contributed by atoms with Crippen molar-refractivity contribution >= 4 is 22.7 Å². The number of anilines is 1. The molecule has 0 unspecified atom stereocenters. The molecule has 94 valence electrons. The SMILES string of the molecule is CC(=C1C(=O)Nc2ccc(O)cc21)c1ccccc1. The quantitative estimate of drug-likeness (QED) is 0.603. The molecule has 0 atom stereocenters. The number of carbonyl (C=O) groups excluding carboxylic acids is 1. The Kier molecular flexibility index (Phi) is 2.60. The first kappa shape index (κ1) is 11.5. The minimum atomic E-state index is -0.123. The fourth-order valence-electron chi connectivity index (χ4n) is 2.36. The van der Waals surface area contributed by atoms with Crippen LogP contribution in [0.2, 0.25) is 0 Å². The summed E-state index contributed by atoms with van der Waals surface area (Å²) in [6.45, 7) is 1.92. The molecule has 0 aliphatic carbocycles. The van der Waals surface area contributed by atoms with Gasteiger partial charge in [0.15, 0.2) is 0 Å². The van der Waals surface area contributed by atoms with E-state index < -0.39 is 0 Å². The van der Waals surface area contributed by atoms with Gasteiger partial charge in [0.1, 0.15) is 5.75 Å².